The van der Waals surface area contributed by atoms with Crippen molar-refractivity contribution in [1.82, 2.24) is 4.57 Å². The van der Waals surface area contributed by atoms with E-state index in [1.807, 2.05) is 79.7 Å². The largest absolute Gasteiger partial charge is 0.496 e. The second-order valence-electron chi connectivity index (χ2n) is 9.48. The molecule has 1 atom stereocenters. The number of fused-ring (bicyclic) bond motifs is 1. The standard InChI is InChI=1S/C32H29BrN2O5S/c1-5-39-31(37)28-20(3)34-32-35(29(28)23-13-10-19(2)26(16-23)38-4)30(36)27(41-32)17-22-8-6-7-9-25(22)40-18-21-11-14-24(33)15-12-21/h6-17,29H,5,18H2,1-4H3/t29-/m1/s1. The van der Waals surface area contributed by atoms with Gasteiger partial charge in [-0.3, -0.25) is 9.36 Å². The fraction of sp³-hybridized carbons (Fsp3) is 0.219. The Bertz CT molecular complexity index is 1820. The lowest BCUT2D eigenvalue weighted by atomic mass is 9.95. The third kappa shape index (κ3) is 5.92. The average molecular weight is 634 g/mol. The number of thiazole rings is 1. The average Bonchev–Trinajstić information content (AvgIpc) is 3.27. The Morgan fingerprint density at radius 1 is 1.07 bits per heavy atom. The van der Waals surface area contributed by atoms with Gasteiger partial charge in [0.2, 0.25) is 0 Å². The summed E-state index contributed by atoms with van der Waals surface area (Å²) in [6, 6.07) is 20.5. The van der Waals surface area contributed by atoms with Crippen LogP contribution in [0.3, 0.4) is 0 Å². The lowest BCUT2D eigenvalue weighted by Gasteiger charge is -2.25. The maximum Gasteiger partial charge on any atom is 0.338 e. The molecular weight excluding hydrogens is 604 g/mol. The van der Waals surface area contributed by atoms with Crippen LogP contribution in [0.5, 0.6) is 11.5 Å². The molecule has 0 aliphatic carbocycles. The van der Waals surface area contributed by atoms with Crippen LogP contribution in [-0.2, 0) is 16.1 Å². The monoisotopic (exact) mass is 632 g/mol. The molecule has 0 saturated heterocycles. The zero-order chi connectivity index (χ0) is 29.1. The van der Waals surface area contributed by atoms with Crippen LogP contribution in [-0.4, -0.2) is 24.3 Å². The Morgan fingerprint density at radius 3 is 2.56 bits per heavy atom. The highest BCUT2D eigenvalue weighted by Crippen LogP contribution is 2.33. The van der Waals surface area contributed by atoms with Crippen molar-refractivity contribution in [2.45, 2.75) is 33.4 Å². The highest BCUT2D eigenvalue weighted by atomic mass is 79.9. The van der Waals surface area contributed by atoms with Crippen molar-refractivity contribution in [2.24, 2.45) is 4.99 Å². The molecule has 0 fully saturated rings. The molecule has 0 N–H and O–H groups in total. The predicted molar refractivity (Wildman–Crippen MR) is 163 cm³/mol. The maximum atomic E-state index is 14.0. The Morgan fingerprint density at radius 2 is 1.83 bits per heavy atom. The molecule has 1 aliphatic rings. The van der Waals surface area contributed by atoms with Gasteiger partial charge in [0, 0.05) is 10.0 Å². The molecule has 41 heavy (non-hydrogen) atoms. The summed E-state index contributed by atoms with van der Waals surface area (Å²) in [7, 11) is 1.60. The number of para-hydroxylation sites is 1. The molecule has 7 nitrogen and oxygen atoms in total. The number of carbonyl (C=O) groups is 1. The van der Waals surface area contributed by atoms with E-state index in [9.17, 15) is 9.59 Å². The maximum absolute atomic E-state index is 14.0. The zero-order valence-corrected chi connectivity index (χ0v) is 25.5. The molecule has 0 unspecified atom stereocenters. The van der Waals surface area contributed by atoms with Crippen molar-refractivity contribution >= 4 is 39.3 Å². The summed E-state index contributed by atoms with van der Waals surface area (Å²) >= 11 is 4.73. The molecule has 0 saturated carbocycles. The number of hydrogen-bond donors (Lipinski definition) is 0. The predicted octanol–water partition coefficient (Wildman–Crippen LogP) is 5.46. The van der Waals surface area contributed by atoms with Crippen LogP contribution >= 0.6 is 27.3 Å². The van der Waals surface area contributed by atoms with E-state index < -0.39 is 12.0 Å². The van der Waals surface area contributed by atoms with Crippen LogP contribution in [0.4, 0.5) is 0 Å². The summed E-state index contributed by atoms with van der Waals surface area (Å²) < 4.78 is 20.2. The number of nitrogens with zero attached hydrogens (tertiary/aromatic N) is 2. The van der Waals surface area contributed by atoms with Crippen LogP contribution in [0.25, 0.3) is 6.08 Å². The minimum absolute atomic E-state index is 0.209. The van der Waals surface area contributed by atoms with Crippen LogP contribution in [0.1, 0.15) is 42.1 Å². The summed E-state index contributed by atoms with van der Waals surface area (Å²) in [5, 5.41) is 0. The molecule has 5 rings (SSSR count). The van der Waals surface area contributed by atoms with Gasteiger partial charge in [0.1, 0.15) is 18.1 Å². The number of aryl methyl sites for hydroxylation is 1. The number of halogens is 1. The molecule has 2 heterocycles. The smallest absolute Gasteiger partial charge is 0.338 e. The van der Waals surface area contributed by atoms with E-state index in [-0.39, 0.29) is 12.2 Å². The molecule has 0 bridgehead atoms. The number of benzene rings is 3. The molecule has 0 amide bonds. The number of allylic oxidation sites excluding steroid dienone is 1. The number of esters is 1. The molecule has 0 radical (unpaired) electrons. The highest BCUT2D eigenvalue weighted by molar-refractivity contribution is 9.10. The van der Waals surface area contributed by atoms with Crippen LogP contribution < -0.4 is 24.4 Å². The van der Waals surface area contributed by atoms with Crippen LogP contribution in [0, 0.1) is 6.92 Å². The van der Waals surface area contributed by atoms with Crippen molar-refractivity contribution < 1.29 is 19.0 Å². The van der Waals surface area contributed by atoms with Gasteiger partial charge < -0.3 is 14.2 Å². The van der Waals surface area contributed by atoms with Gasteiger partial charge in [-0.05, 0) is 67.8 Å². The molecule has 9 heteroatoms. The SMILES string of the molecule is CCOC(=O)C1=C(C)N=c2sc(=Cc3ccccc3OCc3ccc(Br)cc3)c(=O)n2[C@@H]1c1ccc(C)c(OC)c1. The van der Waals surface area contributed by atoms with Crippen molar-refractivity contribution in [3.8, 4) is 11.5 Å². The minimum atomic E-state index is -0.717. The zero-order valence-electron chi connectivity index (χ0n) is 23.1. The Labute approximate surface area is 250 Å². The molecule has 0 spiro atoms. The molecular formula is C32H29BrN2O5S. The van der Waals surface area contributed by atoms with Gasteiger partial charge in [-0.2, -0.15) is 0 Å². The van der Waals surface area contributed by atoms with Crippen LogP contribution in [0.2, 0.25) is 0 Å². The van der Waals surface area contributed by atoms with Gasteiger partial charge in [0.15, 0.2) is 4.80 Å². The summed E-state index contributed by atoms with van der Waals surface area (Å²) in [5.41, 5.74) is 4.06. The lowest BCUT2D eigenvalue weighted by molar-refractivity contribution is -0.139. The second-order valence-corrected chi connectivity index (χ2v) is 11.4. The normalized spacial score (nSPS) is 14.9. The van der Waals surface area contributed by atoms with E-state index in [1.54, 1.807) is 25.5 Å². The number of rotatable bonds is 8. The summed E-state index contributed by atoms with van der Waals surface area (Å²) in [4.78, 5) is 32.4. The van der Waals surface area contributed by atoms with Crippen LogP contribution in [0.15, 0.2) is 92.3 Å². The first-order valence-corrected chi connectivity index (χ1v) is 14.7. The van der Waals surface area contributed by atoms with Gasteiger partial charge in [-0.25, -0.2) is 9.79 Å². The van der Waals surface area contributed by atoms with Gasteiger partial charge in [-0.1, -0.05) is 69.7 Å². The molecule has 210 valence electrons. The quantitative estimate of drug-likeness (QED) is 0.241. The molecule has 4 aromatic rings. The van der Waals surface area contributed by atoms with Crippen molar-refractivity contribution in [1.29, 1.82) is 0 Å². The molecule has 3 aromatic carbocycles. The first kappa shape index (κ1) is 28.6. The van der Waals surface area contributed by atoms with Crippen molar-refractivity contribution in [3.05, 3.63) is 124 Å². The number of aromatic nitrogens is 1. The van der Waals surface area contributed by atoms with E-state index in [2.05, 4.69) is 20.9 Å². The van der Waals surface area contributed by atoms with Gasteiger partial charge in [0.25, 0.3) is 5.56 Å². The van der Waals surface area contributed by atoms with Gasteiger partial charge >= 0.3 is 5.97 Å². The highest BCUT2D eigenvalue weighted by Gasteiger charge is 2.33. The lowest BCUT2D eigenvalue weighted by Crippen LogP contribution is -2.40. The van der Waals surface area contributed by atoms with E-state index >= 15 is 0 Å². The molecule has 1 aromatic heterocycles. The second kappa shape index (κ2) is 12.3. The minimum Gasteiger partial charge on any atom is -0.496 e. The van der Waals surface area contributed by atoms with E-state index in [0.29, 0.717) is 38.7 Å². The molecule has 1 aliphatic heterocycles. The fourth-order valence-electron chi connectivity index (χ4n) is 4.73. The number of methoxy groups -OCH3 is 1. The van der Waals surface area contributed by atoms with Crippen molar-refractivity contribution in [3.63, 3.8) is 0 Å². The van der Waals surface area contributed by atoms with Gasteiger partial charge in [0.05, 0.1) is 35.6 Å². The first-order chi connectivity index (χ1) is 19.8. The Hall–Kier alpha value is -3.95. The number of carbonyl (C=O) groups excluding carboxylic acids is 1. The van der Waals surface area contributed by atoms with E-state index in [4.69, 9.17) is 14.2 Å². The third-order valence-electron chi connectivity index (χ3n) is 6.78. The number of hydrogen-bond acceptors (Lipinski definition) is 7. The summed E-state index contributed by atoms with van der Waals surface area (Å²) in [5.74, 6) is 0.822. The first-order valence-electron chi connectivity index (χ1n) is 13.1. The third-order valence-corrected chi connectivity index (χ3v) is 8.29. The van der Waals surface area contributed by atoms with Gasteiger partial charge in [-0.15, -0.1) is 0 Å². The van der Waals surface area contributed by atoms with E-state index in [1.165, 1.54) is 11.3 Å². The number of ether oxygens (including phenoxy) is 3. The summed E-state index contributed by atoms with van der Waals surface area (Å²) in [6.45, 7) is 6.06. The topological polar surface area (TPSA) is 79.1 Å². The van der Waals surface area contributed by atoms with Crippen molar-refractivity contribution in [2.75, 3.05) is 13.7 Å². The summed E-state index contributed by atoms with van der Waals surface area (Å²) in [6.07, 6.45) is 1.82. The fourth-order valence-corrected chi connectivity index (χ4v) is 6.03. The van der Waals surface area contributed by atoms with E-state index in [0.717, 1.165) is 26.7 Å². The Kier molecular flexibility index (Phi) is 8.56. The Balaban J connectivity index is 1.61.